The van der Waals surface area contributed by atoms with E-state index in [1.165, 1.54) is 0 Å². The van der Waals surface area contributed by atoms with Crippen LogP contribution in [0.1, 0.15) is 41.7 Å². The van der Waals surface area contributed by atoms with E-state index >= 15 is 0 Å². The van der Waals surface area contributed by atoms with Crippen molar-refractivity contribution in [1.29, 1.82) is 0 Å². The Morgan fingerprint density at radius 1 is 1.00 bits per heavy atom. The molecule has 1 aliphatic heterocycles. The topological polar surface area (TPSA) is 68.2 Å². The molecule has 180 valence electrons. The van der Waals surface area contributed by atoms with Crippen molar-refractivity contribution in [2.75, 3.05) is 13.2 Å². The fourth-order valence-corrected chi connectivity index (χ4v) is 4.45. The highest BCUT2D eigenvalue weighted by molar-refractivity contribution is 6.31. The third kappa shape index (κ3) is 6.17. The van der Waals surface area contributed by atoms with Crippen molar-refractivity contribution in [1.82, 2.24) is 0 Å². The summed E-state index contributed by atoms with van der Waals surface area (Å²) >= 11 is 6.52. The van der Waals surface area contributed by atoms with Crippen molar-refractivity contribution >= 4 is 11.6 Å². The molecule has 3 unspecified atom stereocenters. The van der Waals surface area contributed by atoms with Gasteiger partial charge in [-0.15, -0.1) is 0 Å². The predicted octanol–water partition coefficient (Wildman–Crippen LogP) is 5.10. The standard InChI is InChI=1S/C28H31ClO5/c1-2-32-23-11-8-19(9-12-23)14-22-15-21(10-13-24(22)29)25-16-26(28(31)27(17-30)34-25)33-18-20-6-4-3-5-7-20/h3-13,15,25-28,30-31H,2,14,16-18H2,1H3/t25?,26?,27?,28-/m0/s1. The highest BCUT2D eigenvalue weighted by Gasteiger charge is 2.38. The Hall–Kier alpha value is -2.41. The summed E-state index contributed by atoms with van der Waals surface area (Å²) in [6, 6.07) is 23.7. The molecule has 0 aromatic heterocycles. The monoisotopic (exact) mass is 482 g/mol. The molecular formula is C28H31ClO5. The second-order valence-electron chi connectivity index (χ2n) is 8.51. The van der Waals surface area contributed by atoms with Crippen LogP contribution in [-0.4, -0.2) is 41.7 Å². The predicted molar refractivity (Wildman–Crippen MR) is 132 cm³/mol. The molecule has 5 nitrogen and oxygen atoms in total. The lowest BCUT2D eigenvalue weighted by atomic mass is 9.92. The molecule has 6 heteroatoms. The van der Waals surface area contributed by atoms with Crippen LogP contribution in [0.15, 0.2) is 72.8 Å². The first-order chi connectivity index (χ1) is 16.6. The van der Waals surface area contributed by atoms with Gasteiger partial charge in [0.15, 0.2) is 0 Å². The first-order valence-electron chi connectivity index (χ1n) is 11.7. The maximum atomic E-state index is 10.7. The molecule has 0 spiro atoms. The van der Waals surface area contributed by atoms with Crippen LogP contribution in [0.4, 0.5) is 0 Å². The number of ether oxygens (including phenoxy) is 3. The Morgan fingerprint density at radius 3 is 2.47 bits per heavy atom. The molecule has 4 atom stereocenters. The van der Waals surface area contributed by atoms with E-state index in [0.717, 1.165) is 28.0 Å². The minimum atomic E-state index is -0.902. The number of halogens is 1. The quantitative estimate of drug-likeness (QED) is 0.444. The molecule has 3 aromatic carbocycles. The van der Waals surface area contributed by atoms with E-state index in [4.69, 9.17) is 25.8 Å². The van der Waals surface area contributed by atoms with Gasteiger partial charge in [-0.05, 0) is 53.8 Å². The van der Waals surface area contributed by atoms with Crippen LogP contribution in [-0.2, 0) is 22.5 Å². The first kappa shape index (κ1) is 24.7. The molecule has 3 aromatic rings. The van der Waals surface area contributed by atoms with Crippen LogP contribution < -0.4 is 4.74 Å². The normalized spacial score (nSPS) is 22.5. The minimum absolute atomic E-state index is 0.282. The van der Waals surface area contributed by atoms with Crippen molar-refractivity contribution in [2.24, 2.45) is 0 Å². The summed E-state index contributed by atoms with van der Waals surface area (Å²) < 4.78 is 17.7. The molecule has 1 heterocycles. The van der Waals surface area contributed by atoms with E-state index in [0.29, 0.717) is 31.1 Å². The van der Waals surface area contributed by atoms with Crippen molar-refractivity contribution in [2.45, 2.75) is 50.8 Å². The number of aliphatic hydroxyl groups is 2. The summed E-state index contributed by atoms with van der Waals surface area (Å²) in [5.41, 5.74) is 4.09. The zero-order valence-corrected chi connectivity index (χ0v) is 20.0. The second-order valence-corrected chi connectivity index (χ2v) is 8.92. The number of rotatable bonds is 9. The van der Waals surface area contributed by atoms with Crippen molar-refractivity contribution in [3.63, 3.8) is 0 Å². The smallest absolute Gasteiger partial charge is 0.119 e. The zero-order chi connectivity index (χ0) is 23.9. The third-order valence-electron chi connectivity index (χ3n) is 6.10. The lowest BCUT2D eigenvalue weighted by Crippen LogP contribution is -2.48. The Labute approximate surface area is 205 Å². The summed E-state index contributed by atoms with van der Waals surface area (Å²) in [5, 5.41) is 21.2. The summed E-state index contributed by atoms with van der Waals surface area (Å²) in [4.78, 5) is 0. The van der Waals surface area contributed by atoms with Crippen molar-refractivity contribution < 1.29 is 24.4 Å². The lowest BCUT2D eigenvalue weighted by Gasteiger charge is -2.39. The average molecular weight is 483 g/mol. The molecular weight excluding hydrogens is 452 g/mol. The molecule has 1 fully saturated rings. The second kappa shape index (κ2) is 11.8. The minimum Gasteiger partial charge on any atom is -0.494 e. The van der Waals surface area contributed by atoms with Crippen molar-refractivity contribution in [3.05, 3.63) is 100 Å². The van der Waals surface area contributed by atoms with E-state index in [1.54, 1.807) is 0 Å². The van der Waals surface area contributed by atoms with Crippen LogP contribution >= 0.6 is 11.6 Å². The van der Waals surface area contributed by atoms with Gasteiger partial charge in [0, 0.05) is 11.4 Å². The Bertz CT molecular complexity index is 1040. The van der Waals surface area contributed by atoms with Crippen LogP contribution in [0.2, 0.25) is 5.02 Å². The van der Waals surface area contributed by atoms with Crippen LogP contribution in [0.5, 0.6) is 5.75 Å². The number of benzene rings is 3. The molecule has 1 saturated heterocycles. The summed E-state index contributed by atoms with van der Waals surface area (Å²) in [6.07, 6.45) is -1.25. The molecule has 2 N–H and O–H groups in total. The fraction of sp³-hybridized carbons (Fsp3) is 0.357. The van der Waals surface area contributed by atoms with Gasteiger partial charge in [0.1, 0.15) is 18.0 Å². The molecule has 34 heavy (non-hydrogen) atoms. The maximum Gasteiger partial charge on any atom is 0.119 e. The number of hydrogen-bond donors (Lipinski definition) is 2. The summed E-state index contributed by atoms with van der Waals surface area (Å²) in [5.74, 6) is 0.844. The highest BCUT2D eigenvalue weighted by Crippen LogP contribution is 2.35. The van der Waals surface area contributed by atoms with Crippen LogP contribution in [0, 0.1) is 0 Å². The largest absolute Gasteiger partial charge is 0.494 e. The highest BCUT2D eigenvalue weighted by atomic mass is 35.5. The maximum absolute atomic E-state index is 10.7. The first-order valence-corrected chi connectivity index (χ1v) is 12.0. The van der Waals surface area contributed by atoms with Gasteiger partial charge in [0.25, 0.3) is 0 Å². The van der Waals surface area contributed by atoms with Gasteiger partial charge < -0.3 is 24.4 Å². The van der Waals surface area contributed by atoms with Gasteiger partial charge in [-0.25, -0.2) is 0 Å². The van der Waals surface area contributed by atoms with Gasteiger partial charge in [0.2, 0.25) is 0 Å². The molecule has 0 radical (unpaired) electrons. The zero-order valence-electron chi connectivity index (χ0n) is 19.3. The summed E-state index contributed by atoms with van der Waals surface area (Å²) in [6.45, 7) is 2.70. The van der Waals surface area contributed by atoms with E-state index in [1.807, 2.05) is 79.7 Å². The lowest BCUT2D eigenvalue weighted by molar-refractivity contribution is -0.198. The van der Waals surface area contributed by atoms with E-state index in [2.05, 4.69) is 0 Å². The van der Waals surface area contributed by atoms with Gasteiger partial charge in [-0.2, -0.15) is 0 Å². The Morgan fingerprint density at radius 2 is 1.76 bits per heavy atom. The van der Waals surface area contributed by atoms with Crippen LogP contribution in [0.25, 0.3) is 0 Å². The Kier molecular flexibility index (Phi) is 8.59. The molecule has 1 aliphatic rings. The van der Waals surface area contributed by atoms with Gasteiger partial charge >= 0.3 is 0 Å². The molecule has 0 amide bonds. The van der Waals surface area contributed by atoms with Gasteiger partial charge in [-0.3, -0.25) is 0 Å². The van der Waals surface area contributed by atoms with E-state index in [9.17, 15) is 10.2 Å². The molecule has 0 bridgehead atoms. The average Bonchev–Trinajstić information content (AvgIpc) is 2.87. The van der Waals surface area contributed by atoms with Crippen molar-refractivity contribution in [3.8, 4) is 5.75 Å². The Balaban J connectivity index is 1.49. The van der Waals surface area contributed by atoms with Crippen LogP contribution in [0.3, 0.4) is 0 Å². The summed E-state index contributed by atoms with van der Waals surface area (Å²) in [7, 11) is 0. The fourth-order valence-electron chi connectivity index (χ4n) is 4.27. The number of hydrogen-bond acceptors (Lipinski definition) is 5. The molecule has 0 aliphatic carbocycles. The molecule has 0 saturated carbocycles. The molecule has 4 rings (SSSR count). The van der Waals surface area contributed by atoms with Gasteiger partial charge in [0.05, 0.1) is 32.0 Å². The number of aliphatic hydroxyl groups excluding tert-OH is 2. The van der Waals surface area contributed by atoms with E-state index in [-0.39, 0.29) is 12.7 Å². The van der Waals surface area contributed by atoms with E-state index < -0.39 is 18.3 Å². The third-order valence-corrected chi connectivity index (χ3v) is 6.47. The SMILES string of the molecule is CCOc1ccc(Cc2cc(C3CC(OCc4ccccc4)[C@H](O)C(CO)O3)ccc2Cl)cc1. The van der Waals surface area contributed by atoms with Gasteiger partial charge in [-0.1, -0.05) is 66.2 Å².